The quantitative estimate of drug-likeness (QED) is 0.812. The maximum absolute atomic E-state index is 13.2. The lowest BCUT2D eigenvalue weighted by Gasteiger charge is -2.38. The van der Waals surface area contributed by atoms with Crippen molar-refractivity contribution in [2.75, 3.05) is 39.0 Å². The number of piperidine rings is 1. The highest BCUT2D eigenvalue weighted by Crippen LogP contribution is 2.32. The summed E-state index contributed by atoms with van der Waals surface area (Å²) in [5.74, 6) is 0.559. The van der Waals surface area contributed by atoms with Crippen LogP contribution in [-0.4, -0.2) is 62.6 Å². The summed E-state index contributed by atoms with van der Waals surface area (Å²) in [5, 5.41) is 0. The van der Waals surface area contributed by atoms with Gasteiger partial charge in [-0.2, -0.15) is 0 Å². The Morgan fingerprint density at radius 3 is 2.65 bits per heavy atom. The van der Waals surface area contributed by atoms with Gasteiger partial charge in [-0.1, -0.05) is 12.1 Å². The van der Waals surface area contributed by atoms with Gasteiger partial charge in [-0.15, -0.1) is 0 Å². The Hall–Kier alpha value is -1.06. The predicted molar refractivity (Wildman–Crippen MR) is 98.3 cm³/mol. The van der Waals surface area contributed by atoms with E-state index >= 15 is 0 Å². The third-order valence-corrected chi connectivity index (χ3v) is 7.29. The highest BCUT2D eigenvalue weighted by molar-refractivity contribution is 7.88. The molecule has 4 aliphatic rings. The van der Waals surface area contributed by atoms with Gasteiger partial charge in [-0.05, 0) is 36.5 Å². The van der Waals surface area contributed by atoms with Crippen LogP contribution >= 0.6 is 0 Å². The Bertz CT molecular complexity index is 742. The fourth-order valence-electron chi connectivity index (χ4n) is 4.66. The number of hydrogen-bond donors (Lipinski definition) is 2. The summed E-state index contributed by atoms with van der Waals surface area (Å²) >= 11 is 0. The maximum Gasteiger partial charge on any atom is 0.211 e. The molecule has 0 amide bonds. The molecular weight excluding hydrogens is 355 g/mol. The zero-order valence-corrected chi connectivity index (χ0v) is 15.9. The number of rotatable bonds is 4. The first kappa shape index (κ1) is 18.3. The molecule has 2 unspecified atom stereocenters. The van der Waals surface area contributed by atoms with Gasteiger partial charge < -0.3 is 0 Å². The highest BCUT2D eigenvalue weighted by atomic mass is 32.2. The predicted octanol–water partition coefficient (Wildman–Crippen LogP) is 0.947. The molecule has 26 heavy (non-hydrogen) atoms. The monoisotopic (exact) mass is 382 g/mol. The lowest BCUT2D eigenvalue weighted by atomic mass is 9.90. The molecule has 6 nitrogen and oxygen atoms in total. The molecule has 0 spiro atoms. The molecule has 144 valence electrons. The number of hydrogen-bond acceptors (Lipinski definition) is 5. The fourth-order valence-corrected chi connectivity index (χ4v) is 5.59. The average molecular weight is 383 g/mol. The smallest absolute Gasteiger partial charge is 0.211 e. The first-order chi connectivity index (χ1) is 12.4. The first-order valence-electron chi connectivity index (χ1n) is 9.33. The lowest BCUT2D eigenvalue weighted by Crippen LogP contribution is -2.47. The standard InChI is InChI=1S/C18H27FN4O2S/c1-26(24,25)23-10-13-2-7-17(12-23)22(9-13)11-15-8-20-21-18(15)14-3-5-16(19)6-4-14/h3-6,13,15,17-18,20-21H,2,7-12H2,1H3/t13-,15?,17-,18?/m0/s1. The zero-order valence-electron chi connectivity index (χ0n) is 15.1. The third kappa shape index (κ3) is 3.80. The molecule has 4 atom stereocenters. The third-order valence-electron chi connectivity index (χ3n) is 6.05. The van der Waals surface area contributed by atoms with Crippen LogP contribution in [0.15, 0.2) is 24.3 Å². The van der Waals surface area contributed by atoms with Crippen molar-refractivity contribution in [1.82, 2.24) is 20.1 Å². The van der Waals surface area contributed by atoms with Gasteiger partial charge in [-0.3, -0.25) is 10.3 Å². The van der Waals surface area contributed by atoms with Crippen molar-refractivity contribution in [3.63, 3.8) is 0 Å². The molecule has 1 aromatic rings. The first-order valence-corrected chi connectivity index (χ1v) is 11.2. The molecular formula is C18H27FN4O2S. The Balaban J connectivity index is 1.47. The Labute approximate surface area is 154 Å². The van der Waals surface area contributed by atoms with Gasteiger partial charge in [0.25, 0.3) is 0 Å². The van der Waals surface area contributed by atoms with E-state index in [-0.39, 0.29) is 17.9 Å². The second kappa shape index (κ2) is 7.16. The zero-order chi connectivity index (χ0) is 18.3. The highest BCUT2D eigenvalue weighted by Gasteiger charge is 2.40. The second-order valence-corrected chi connectivity index (χ2v) is 9.93. The minimum atomic E-state index is -3.14. The van der Waals surface area contributed by atoms with Crippen LogP contribution < -0.4 is 10.9 Å². The van der Waals surface area contributed by atoms with E-state index < -0.39 is 10.0 Å². The number of halogens is 1. The van der Waals surface area contributed by atoms with Crippen molar-refractivity contribution in [3.05, 3.63) is 35.6 Å². The van der Waals surface area contributed by atoms with Crippen LogP contribution in [0.3, 0.4) is 0 Å². The second-order valence-electron chi connectivity index (χ2n) is 7.95. The molecule has 0 radical (unpaired) electrons. The maximum atomic E-state index is 13.2. The van der Waals surface area contributed by atoms with Gasteiger partial charge in [0.1, 0.15) is 5.82 Å². The van der Waals surface area contributed by atoms with E-state index in [2.05, 4.69) is 15.8 Å². The Kier molecular flexibility index (Phi) is 5.04. The van der Waals surface area contributed by atoms with Crippen molar-refractivity contribution >= 4 is 10.0 Å². The van der Waals surface area contributed by atoms with E-state index in [1.54, 1.807) is 4.31 Å². The number of nitrogens with one attached hydrogen (secondary N) is 2. The van der Waals surface area contributed by atoms with Crippen LogP contribution in [0.2, 0.25) is 0 Å². The summed E-state index contributed by atoms with van der Waals surface area (Å²) in [6, 6.07) is 7.12. The molecule has 4 aliphatic heterocycles. The molecule has 5 rings (SSSR count). The molecule has 4 heterocycles. The lowest BCUT2D eigenvalue weighted by molar-refractivity contribution is 0.111. The van der Waals surface area contributed by atoms with E-state index in [1.807, 2.05) is 12.1 Å². The molecule has 1 aromatic carbocycles. The van der Waals surface area contributed by atoms with Crippen LogP contribution in [0.1, 0.15) is 24.4 Å². The van der Waals surface area contributed by atoms with E-state index in [4.69, 9.17) is 0 Å². The van der Waals surface area contributed by atoms with Gasteiger partial charge in [0.15, 0.2) is 0 Å². The Morgan fingerprint density at radius 2 is 1.92 bits per heavy atom. The summed E-state index contributed by atoms with van der Waals surface area (Å²) in [6.45, 7) is 3.98. The summed E-state index contributed by atoms with van der Waals surface area (Å²) in [6.07, 6.45) is 3.48. The van der Waals surface area contributed by atoms with Crippen molar-refractivity contribution in [3.8, 4) is 0 Å². The number of benzene rings is 1. The van der Waals surface area contributed by atoms with Crippen LogP contribution in [-0.2, 0) is 10.0 Å². The topological polar surface area (TPSA) is 64.7 Å². The molecule has 2 bridgehead atoms. The number of sulfonamides is 1. The minimum absolute atomic E-state index is 0.142. The van der Waals surface area contributed by atoms with E-state index in [0.29, 0.717) is 24.9 Å². The van der Waals surface area contributed by atoms with Gasteiger partial charge in [0, 0.05) is 44.7 Å². The van der Waals surface area contributed by atoms with E-state index in [1.165, 1.54) is 18.4 Å². The normalized spacial score (nSPS) is 33.5. The minimum Gasteiger partial charge on any atom is -0.298 e. The summed E-state index contributed by atoms with van der Waals surface area (Å²) in [5.41, 5.74) is 7.64. The van der Waals surface area contributed by atoms with Crippen LogP contribution in [0, 0.1) is 17.7 Å². The van der Waals surface area contributed by atoms with E-state index in [9.17, 15) is 12.8 Å². The Morgan fingerprint density at radius 1 is 1.15 bits per heavy atom. The fraction of sp³-hybridized carbons (Fsp3) is 0.667. The number of fused-ring (bicyclic) bond motifs is 4. The summed E-state index contributed by atoms with van der Waals surface area (Å²) in [4.78, 5) is 2.48. The number of hydrazine groups is 1. The molecule has 0 saturated carbocycles. The molecule has 2 N–H and O–H groups in total. The summed E-state index contributed by atoms with van der Waals surface area (Å²) in [7, 11) is -3.14. The summed E-state index contributed by atoms with van der Waals surface area (Å²) < 4.78 is 39.0. The van der Waals surface area contributed by atoms with Gasteiger partial charge in [0.2, 0.25) is 10.0 Å². The van der Waals surface area contributed by atoms with Crippen molar-refractivity contribution in [2.45, 2.75) is 24.9 Å². The van der Waals surface area contributed by atoms with Crippen LogP contribution in [0.5, 0.6) is 0 Å². The van der Waals surface area contributed by atoms with Crippen LogP contribution in [0.25, 0.3) is 0 Å². The van der Waals surface area contributed by atoms with Gasteiger partial charge in [-0.25, -0.2) is 22.5 Å². The molecule has 0 aromatic heterocycles. The molecule has 4 fully saturated rings. The molecule has 0 aliphatic carbocycles. The van der Waals surface area contributed by atoms with Crippen LogP contribution in [0.4, 0.5) is 4.39 Å². The number of nitrogens with zero attached hydrogens (tertiary/aromatic N) is 2. The average Bonchev–Trinajstić information content (AvgIpc) is 2.84. The largest absolute Gasteiger partial charge is 0.298 e. The molecule has 4 saturated heterocycles. The van der Waals surface area contributed by atoms with Crippen molar-refractivity contribution in [1.29, 1.82) is 0 Å². The van der Waals surface area contributed by atoms with Gasteiger partial charge >= 0.3 is 0 Å². The SMILES string of the molecule is CS(=O)(=O)N1C[C@H]2CC[C@@H](C1)N(CC1CNNC1c1ccc(F)cc1)C2. The van der Waals surface area contributed by atoms with Crippen molar-refractivity contribution in [2.24, 2.45) is 11.8 Å². The molecule has 8 heteroatoms. The van der Waals surface area contributed by atoms with E-state index in [0.717, 1.165) is 38.0 Å². The van der Waals surface area contributed by atoms with Gasteiger partial charge in [0.05, 0.1) is 12.3 Å². The van der Waals surface area contributed by atoms with Crippen molar-refractivity contribution < 1.29 is 12.8 Å².